The average molecular weight is 373 g/mol. The van der Waals surface area contributed by atoms with Crippen molar-refractivity contribution < 1.29 is 14.4 Å². The summed E-state index contributed by atoms with van der Waals surface area (Å²) >= 11 is 0. The van der Waals surface area contributed by atoms with E-state index in [0.29, 0.717) is 11.3 Å². The number of carbonyl (C=O) groups is 3. The van der Waals surface area contributed by atoms with E-state index in [-0.39, 0.29) is 0 Å². The number of anilines is 1. The maximum absolute atomic E-state index is 12.2. The average Bonchev–Trinajstić information content (AvgIpc) is 2.74. The van der Waals surface area contributed by atoms with Crippen molar-refractivity contribution in [3.05, 3.63) is 90.0 Å². The van der Waals surface area contributed by atoms with E-state index in [1.165, 1.54) is 0 Å². The maximum Gasteiger partial charge on any atom is 0.328 e. The van der Waals surface area contributed by atoms with Gasteiger partial charge in [0, 0.05) is 11.3 Å². The number of benzene rings is 3. The number of carbonyl (C=O) groups excluding carboxylic acids is 3. The molecule has 0 fully saturated rings. The number of para-hydroxylation sites is 1. The molecular formula is C22H19N3O3. The van der Waals surface area contributed by atoms with Crippen LogP contribution in [0.1, 0.15) is 15.9 Å². The van der Waals surface area contributed by atoms with Crippen LogP contribution in [0.2, 0.25) is 0 Å². The first-order valence-electron chi connectivity index (χ1n) is 8.67. The highest BCUT2D eigenvalue weighted by Gasteiger charge is 2.16. The van der Waals surface area contributed by atoms with E-state index in [2.05, 4.69) is 16.2 Å². The maximum atomic E-state index is 12.2. The van der Waals surface area contributed by atoms with Gasteiger partial charge in [-0.05, 0) is 41.8 Å². The van der Waals surface area contributed by atoms with E-state index in [1.807, 2.05) is 61.5 Å². The molecule has 0 unspecified atom stereocenters. The summed E-state index contributed by atoms with van der Waals surface area (Å²) in [7, 11) is 0. The van der Waals surface area contributed by atoms with Gasteiger partial charge in [-0.15, -0.1) is 0 Å². The molecule has 6 heteroatoms. The van der Waals surface area contributed by atoms with E-state index in [1.54, 1.807) is 24.3 Å². The van der Waals surface area contributed by atoms with Crippen LogP contribution in [-0.4, -0.2) is 17.7 Å². The van der Waals surface area contributed by atoms with Crippen molar-refractivity contribution in [2.75, 3.05) is 5.32 Å². The summed E-state index contributed by atoms with van der Waals surface area (Å²) < 4.78 is 0. The van der Waals surface area contributed by atoms with Gasteiger partial charge in [-0.3, -0.25) is 25.2 Å². The Labute approximate surface area is 162 Å². The molecule has 3 N–H and O–H groups in total. The lowest BCUT2D eigenvalue weighted by Crippen LogP contribution is -2.46. The zero-order valence-corrected chi connectivity index (χ0v) is 15.2. The van der Waals surface area contributed by atoms with E-state index < -0.39 is 17.7 Å². The van der Waals surface area contributed by atoms with Crippen molar-refractivity contribution in [2.24, 2.45) is 0 Å². The highest BCUT2D eigenvalue weighted by atomic mass is 16.2. The molecule has 0 bridgehead atoms. The first-order chi connectivity index (χ1) is 13.5. The van der Waals surface area contributed by atoms with Crippen LogP contribution in [0.3, 0.4) is 0 Å². The summed E-state index contributed by atoms with van der Waals surface area (Å²) in [6.07, 6.45) is 0. The molecule has 0 atom stereocenters. The molecule has 3 aromatic rings. The molecule has 28 heavy (non-hydrogen) atoms. The molecule has 3 aromatic carbocycles. The number of nitrogens with one attached hydrogen (secondary N) is 3. The Balaban J connectivity index is 1.55. The molecule has 0 saturated heterocycles. The van der Waals surface area contributed by atoms with E-state index in [4.69, 9.17) is 0 Å². The van der Waals surface area contributed by atoms with Crippen LogP contribution < -0.4 is 16.2 Å². The quantitative estimate of drug-likeness (QED) is 0.487. The minimum atomic E-state index is -0.961. The van der Waals surface area contributed by atoms with Crippen molar-refractivity contribution in [2.45, 2.75) is 6.92 Å². The van der Waals surface area contributed by atoms with Gasteiger partial charge in [0.1, 0.15) is 0 Å². The topological polar surface area (TPSA) is 87.3 Å². The molecule has 0 saturated carbocycles. The fourth-order valence-electron chi connectivity index (χ4n) is 2.58. The van der Waals surface area contributed by atoms with Gasteiger partial charge in [-0.2, -0.15) is 0 Å². The summed E-state index contributed by atoms with van der Waals surface area (Å²) in [5, 5.41) is 2.50. The third-order valence-corrected chi connectivity index (χ3v) is 4.14. The Kier molecular flexibility index (Phi) is 5.81. The third-order valence-electron chi connectivity index (χ3n) is 4.14. The smallest absolute Gasteiger partial charge is 0.317 e. The fourth-order valence-corrected chi connectivity index (χ4v) is 2.58. The van der Waals surface area contributed by atoms with Gasteiger partial charge in [0.05, 0.1) is 0 Å². The van der Waals surface area contributed by atoms with E-state index in [9.17, 15) is 14.4 Å². The van der Waals surface area contributed by atoms with Crippen LogP contribution in [0.25, 0.3) is 11.1 Å². The summed E-state index contributed by atoms with van der Waals surface area (Å²) in [6.45, 7) is 1.81. The molecule has 0 aromatic heterocycles. The van der Waals surface area contributed by atoms with Crippen molar-refractivity contribution in [1.82, 2.24) is 10.9 Å². The summed E-state index contributed by atoms with van der Waals surface area (Å²) in [6, 6.07) is 23.8. The van der Waals surface area contributed by atoms with Gasteiger partial charge >= 0.3 is 11.8 Å². The van der Waals surface area contributed by atoms with Crippen molar-refractivity contribution in [1.29, 1.82) is 0 Å². The summed E-state index contributed by atoms with van der Waals surface area (Å²) in [5.74, 6) is -2.34. The fraction of sp³-hybridized carbons (Fsp3) is 0.0455. The molecule has 3 rings (SSSR count). The Morgan fingerprint density at radius 3 is 1.93 bits per heavy atom. The van der Waals surface area contributed by atoms with Gasteiger partial charge in [-0.25, -0.2) is 0 Å². The molecule has 140 valence electrons. The minimum absolute atomic E-state index is 0.360. The highest BCUT2D eigenvalue weighted by molar-refractivity contribution is 6.39. The summed E-state index contributed by atoms with van der Waals surface area (Å²) in [5.41, 5.74) is 8.08. The third kappa shape index (κ3) is 4.62. The van der Waals surface area contributed by atoms with Crippen LogP contribution in [0.15, 0.2) is 78.9 Å². The molecule has 0 aliphatic heterocycles. The Morgan fingerprint density at radius 2 is 1.25 bits per heavy atom. The number of amides is 3. The van der Waals surface area contributed by atoms with Gasteiger partial charge < -0.3 is 5.32 Å². The lowest BCUT2D eigenvalue weighted by molar-refractivity contribution is -0.136. The molecule has 0 radical (unpaired) electrons. The van der Waals surface area contributed by atoms with Crippen LogP contribution >= 0.6 is 0 Å². The lowest BCUT2D eigenvalue weighted by atomic mass is 10.0. The standard InChI is InChI=1S/C22H19N3O3/c1-15-7-5-6-10-19(15)23-21(27)22(28)25-24-20(26)18-13-11-17(12-14-18)16-8-3-2-4-9-16/h2-14H,1H3,(H,23,27)(H,24,26)(H,25,28). The number of aryl methyl sites for hydroxylation is 1. The Morgan fingerprint density at radius 1 is 0.643 bits per heavy atom. The molecule has 0 spiro atoms. The van der Waals surface area contributed by atoms with E-state index in [0.717, 1.165) is 16.7 Å². The number of rotatable bonds is 3. The zero-order chi connectivity index (χ0) is 19.9. The zero-order valence-electron chi connectivity index (χ0n) is 15.2. The van der Waals surface area contributed by atoms with E-state index >= 15 is 0 Å². The number of hydrazine groups is 1. The predicted octanol–water partition coefficient (Wildman–Crippen LogP) is 3.06. The molecule has 6 nitrogen and oxygen atoms in total. The van der Waals surface area contributed by atoms with Crippen LogP contribution in [0.4, 0.5) is 5.69 Å². The molecule has 0 aliphatic rings. The Hall–Kier alpha value is -3.93. The van der Waals surface area contributed by atoms with Crippen molar-refractivity contribution in [3.63, 3.8) is 0 Å². The van der Waals surface area contributed by atoms with Crippen molar-refractivity contribution in [3.8, 4) is 11.1 Å². The first-order valence-corrected chi connectivity index (χ1v) is 8.67. The second kappa shape index (κ2) is 8.64. The normalized spacial score (nSPS) is 10.0. The number of hydrogen-bond acceptors (Lipinski definition) is 3. The van der Waals surface area contributed by atoms with Gasteiger partial charge in [-0.1, -0.05) is 60.7 Å². The highest BCUT2D eigenvalue weighted by Crippen LogP contribution is 2.19. The first kappa shape index (κ1) is 18.8. The van der Waals surface area contributed by atoms with Gasteiger partial charge in [0.15, 0.2) is 0 Å². The lowest BCUT2D eigenvalue weighted by Gasteiger charge is -2.10. The van der Waals surface area contributed by atoms with Crippen molar-refractivity contribution >= 4 is 23.4 Å². The molecule has 0 aliphatic carbocycles. The SMILES string of the molecule is Cc1ccccc1NC(=O)C(=O)NNC(=O)c1ccc(-c2ccccc2)cc1. The Bertz CT molecular complexity index is 999. The summed E-state index contributed by atoms with van der Waals surface area (Å²) in [4.78, 5) is 36.0. The minimum Gasteiger partial charge on any atom is -0.317 e. The molecule has 3 amide bonds. The molecular weight excluding hydrogens is 354 g/mol. The van der Waals surface area contributed by atoms with Gasteiger partial charge in [0.2, 0.25) is 0 Å². The second-order valence-electron chi connectivity index (χ2n) is 6.12. The largest absolute Gasteiger partial charge is 0.328 e. The van der Waals surface area contributed by atoms with Crippen LogP contribution in [0.5, 0.6) is 0 Å². The number of hydrogen-bond donors (Lipinski definition) is 3. The molecule has 0 heterocycles. The predicted molar refractivity (Wildman–Crippen MR) is 107 cm³/mol. The monoisotopic (exact) mass is 373 g/mol. The van der Waals surface area contributed by atoms with Crippen LogP contribution in [-0.2, 0) is 9.59 Å². The van der Waals surface area contributed by atoms with Crippen LogP contribution in [0, 0.1) is 6.92 Å². The van der Waals surface area contributed by atoms with Gasteiger partial charge in [0.25, 0.3) is 5.91 Å². The second-order valence-corrected chi connectivity index (χ2v) is 6.12.